The van der Waals surface area contributed by atoms with E-state index >= 15 is 0 Å². The van der Waals surface area contributed by atoms with Crippen molar-refractivity contribution in [2.45, 2.75) is 45.4 Å². The fourth-order valence-corrected chi connectivity index (χ4v) is 3.07. The molecule has 14 heavy (non-hydrogen) atoms. The lowest BCUT2D eigenvalue weighted by Gasteiger charge is -2.40. The number of alkyl halides is 1. The first-order chi connectivity index (χ1) is 6.32. The molecule has 3 unspecified atom stereocenters. The SMILES string of the molecule is CC1CC(C(Cl)C(N)=O)CC(C)(C)C1. The summed E-state index contributed by atoms with van der Waals surface area (Å²) in [6, 6.07) is 0. The lowest BCUT2D eigenvalue weighted by Crippen LogP contribution is -2.38. The van der Waals surface area contributed by atoms with E-state index in [4.69, 9.17) is 17.3 Å². The monoisotopic (exact) mass is 217 g/mol. The summed E-state index contributed by atoms with van der Waals surface area (Å²) in [4.78, 5) is 11.0. The molecule has 1 aliphatic rings. The number of rotatable bonds is 2. The Morgan fingerprint density at radius 1 is 1.50 bits per heavy atom. The van der Waals surface area contributed by atoms with Crippen molar-refractivity contribution < 1.29 is 4.79 Å². The topological polar surface area (TPSA) is 43.1 Å². The Kier molecular flexibility index (Phi) is 3.46. The van der Waals surface area contributed by atoms with Gasteiger partial charge in [-0.25, -0.2) is 0 Å². The Bertz CT molecular complexity index is 227. The highest BCUT2D eigenvalue weighted by Crippen LogP contribution is 2.43. The van der Waals surface area contributed by atoms with Crippen LogP contribution in [0.25, 0.3) is 0 Å². The molecular formula is C11H20ClNO. The first-order valence-electron chi connectivity index (χ1n) is 5.25. The molecule has 1 saturated carbocycles. The van der Waals surface area contributed by atoms with Crippen LogP contribution < -0.4 is 5.73 Å². The second-order valence-electron chi connectivity index (χ2n) is 5.48. The number of hydrogen-bond donors (Lipinski definition) is 1. The van der Waals surface area contributed by atoms with Gasteiger partial charge in [0.25, 0.3) is 0 Å². The zero-order chi connectivity index (χ0) is 10.9. The first-order valence-corrected chi connectivity index (χ1v) is 5.69. The van der Waals surface area contributed by atoms with Crippen LogP contribution in [0.2, 0.25) is 0 Å². The molecule has 0 aromatic heterocycles. The second-order valence-corrected chi connectivity index (χ2v) is 5.95. The Labute approximate surface area is 91.2 Å². The zero-order valence-corrected chi connectivity index (χ0v) is 9.97. The van der Waals surface area contributed by atoms with Crippen LogP contribution in [0.4, 0.5) is 0 Å². The summed E-state index contributed by atoms with van der Waals surface area (Å²) in [6.07, 6.45) is 3.25. The number of amides is 1. The number of primary amides is 1. The molecule has 3 heteroatoms. The highest BCUT2D eigenvalue weighted by atomic mass is 35.5. The number of nitrogens with two attached hydrogens (primary N) is 1. The van der Waals surface area contributed by atoms with Crippen LogP contribution in [0.1, 0.15) is 40.0 Å². The van der Waals surface area contributed by atoms with E-state index in [1.165, 1.54) is 6.42 Å². The minimum atomic E-state index is -0.489. The molecule has 0 aliphatic heterocycles. The highest BCUT2D eigenvalue weighted by molar-refractivity contribution is 6.30. The average molecular weight is 218 g/mol. The molecule has 0 aromatic carbocycles. The quantitative estimate of drug-likeness (QED) is 0.710. The van der Waals surface area contributed by atoms with Gasteiger partial charge in [-0.3, -0.25) is 4.79 Å². The molecule has 0 aromatic rings. The van der Waals surface area contributed by atoms with Crippen molar-refractivity contribution in [1.29, 1.82) is 0 Å². The summed E-state index contributed by atoms with van der Waals surface area (Å²) in [7, 11) is 0. The van der Waals surface area contributed by atoms with E-state index in [2.05, 4.69) is 20.8 Å². The Morgan fingerprint density at radius 2 is 2.07 bits per heavy atom. The molecule has 2 N–H and O–H groups in total. The molecule has 1 rings (SSSR count). The fraction of sp³-hybridized carbons (Fsp3) is 0.909. The van der Waals surface area contributed by atoms with Gasteiger partial charge in [0.2, 0.25) is 5.91 Å². The molecule has 0 radical (unpaired) electrons. The Balaban J connectivity index is 2.66. The molecule has 2 nitrogen and oxygen atoms in total. The van der Waals surface area contributed by atoms with Crippen LogP contribution in [0.15, 0.2) is 0 Å². The van der Waals surface area contributed by atoms with E-state index in [9.17, 15) is 4.79 Å². The number of carbonyl (C=O) groups is 1. The summed E-state index contributed by atoms with van der Waals surface area (Å²) in [5.74, 6) is 0.527. The molecule has 0 bridgehead atoms. The van der Waals surface area contributed by atoms with Gasteiger partial charge in [-0.2, -0.15) is 0 Å². The van der Waals surface area contributed by atoms with Gasteiger partial charge in [-0.1, -0.05) is 20.8 Å². The van der Waals surface area contributed by atoms with Crippen LogP contribution in [0.5, 0.6) is 0 Å². The third-order valence-corrected chi connectivity index (χ3v) is 3.68. The van der Waals surface area contributed by atoms with Crippen molar-refractivity contribution in [2.24, 2.45) is 23.0 Å². The number of halogens is 1. The minimum Gasteiger partial charge on any atom is -0.368 e. The average Bonchev–Trinajstić information content (AvgIpc) is 1.98. The Morgan fingerprint density at radius 3 is 2.50 bits per heavy atom. The summed E-state index contributed by atoms with van der Waals surface area (Å²) in [5, 5.41) is -0.489. The van der Waals surface area contributed by atoms with Gasteiger partial charge in [0, 0.05) is 0 Å². The second kappa shape index (κ2) is 4.09. The van der Waals surface area contributed by atoms with Crippen molar-refractivity contribution in [3.63, 3.8) is 0 Å². The fourth-order valence-electron chi connectivity index (χ4n) is 2.88. The molecule has 82 valence electrons. The molecule has 1 amide bonds. The van der Waals surface area contributed by atoms with Gasteiger partial charge < -0.3 is 5.73 Å². The van der Waals surface area contributed by atoms with E-state index < -0.39 is 5.38 Å². The zero-order valence-electron chi connectivity index (χ0n) is 9.22. The normalized spacial score (nSPS) is 33.7. The summed E-state index contributed by atoms with van der Waals surface area (Å²) in [5.41, 5.74) is 5.53. The van der Waals surface area contributed by atoms with Crippen molar-refractivity contribution in [3.8, 4) is 0 Å². The molecule has 3 atom stereocenters. The highest BCUT2D eigenvalue weighted by Gasteiger charge is 2.36. The van der Waals surface area contributed by atoms with Gasteiger partial charge >= 0.3 is 0 Å². The van der Waals surface area contributed by atoms with Gasteiger partial charge in [-0.05, 0) is 36.5 Å². The van der Waals surface area contributed by atoms with Crippen LogP contribution >= 0.6 is 11.6 Å². The lowest BCUT2D eigenvalue weighted by molar-refractivity contribution is -0.119. The van der Waals surface area contributed by atoms with Crippen LogP contribution in [-0.4, -0.2) is 11.3 Å². The molecular weight excluding hydrogens is 198 g/mol. The predicted octanol–water partition coefficient (Wildman–Crippen LogP) is 2.54. The smallest absolute Gasteiger partial charge is 0.235 e. The third-order valence-electron chi connectivity index (χ3n) is 3.11. The van der Waals surface area contributed by atoms with Gasteiger partial charge in [-0.15, -0.1) is 11.6 Å². The van der Waals surface area contributed by atoms with E-state index in [1.807, 2.05) is 0 Å². The van der Waals surface area contributed by atoms with Crippen LogP contribution in [0, 0.1) is 17.3 Å². The molecule has 0 heterocycles. The molecule has 1 fully saturated rings. The van der Waals surface area contributed by atoms with E-state index in [1.54, 1.807) is 0 Å². The van der Waals surface area contributed by atoms with Gasteiger partial charge in [0.15, 0.2) is 0 Å². The molecule has 0 spiro atoms. The standard InChI is InChI=1S/C11H20ClNO/c1-7-4-8(9(12)10(13)14)6-11(2,3)5-7/h7-9H,4-6H2,1-3H3,(H2,13,14). The van der Waals surface area contributed by atoms with E-state index in [0.29, 0.717) is 11.3 Å². The maximum absolute atomic E-state index is 11.0. The summed E-state index contributed by atoms with van der Waals surface area (Å²) in [6.45, 7) is 6.69. The van der Waals surface area contributed by atoms with Crippen LogP contribution in [0.3, 0.4) is 0 Å². The van der Waals surface area contributed by atoms with Crippen molar-refractivity contribution in [2.75, 3.05) is 0 Å². The molecule has 0 saturated heterocycles. The van der Waals surface area contributed by atoms with Gasteiger partial charge in [0.05, 0.1) is 0 Å². The van der Waals surface area contributed by atoms with Crippen molar-refractivity contribution in [1.82, 2.24) is 0 Å². The van der Waals surface area contributed by atoms with Crippen molar-refractivity contribution in [3.05, 3.63) is 0 Å². The van der Waals surface area contributed by atoms with Crippen LogP contribution in [-0.2, 0) is 4.79 Å². The summed E-state index contributed by atoms with van der Waals surface area (Å²) >= 11 is 6.01. The number of hydrogen-bond acceptors (Lipinski definition) is 1. The summed E-state index contributed by atoms with van der Waals surface area (Å²) < 4.78 is 0. The Hall–Kier alpha value is -0.240. The lowest BCUT2D eigenvalue weighted by atomic mass is 9.67. The van der Waals surface area contributed by atoms with Gasteiger partial charge in [0.1, 0.15) is 5.38 Å². The molecule has 1 aliphatic carbocycles. The van der Waals surface area contributed by atoms with Crippen molar-refractivity contribution >= 4 is 17.5 Å². The minimum absolute atomic E-state index is 0.257. The maximum atomic E-state index is 11.0. The number of carbonyl (C=O) groups excluding carboxylic acids is 1. The van der Waals surface area contributed by atoms with E-state index in [0.717, 1.165) is 12.8 Å². The maximum Gasteiger partial charge on any atom is 0.235 e. The predicted molar refractivity (Wildman–Crippen MR) is 59.1 cm³/mol. The first kappa shape index (κ1) is 11.8. The third kappa shape index (κ3) is 2.88. The van der Waals surface area contributed by atoms with E-state index in [-0.39, 0.29) is 11.8 Å². The largest absolute Gasteiger partial charge is 0.368 e.